The number of rotatable bonds is 1. The van der Waals surface area contributed by atoms with Crippen molar-refractivity contribution in [2.45, 2.75) is 36.9 Å². The first-order valence-electron chi connectivity index (χ1n) is 6.49. The summed E-state index contributed by atoms with van der Waals surface area (Å²) in [6, 6.07) is 6.34. The fourth-order valence-electron chi connectivity index (χ4n) is 2.93. The van der Waals surface area contributed by atoms with Gasteiger partial charge in [0.05, 0.1) is 30.4 Å². The van der Waals surface area contributed by atoms with E-state index in [0.717, 1.165) is 35.8 Å². The Morgan fingerprint density at radius 2 is 1.84 bits per heavy atom. The average molecular weight is 323 g/mol. The topological polar surface area (TPSA) is 55.1 Å². The summed E-state index contributed by atoms with van der Waals surface area (Å²) in [6.07, 6.45) is 4.74. The van der Waals surface area contributed by atoms with Crippen molar-refractivity contribution in [3.8, 4) is 6.07 Å². The largest absolute Gasteiger partial charge is 0.348 e. The van der Waals surface area contributed by atoms with Gasteiger partial charge in [0.25, 0.3) is 0 Å². The second-order valence-electron chi connectivity index (χ2n) is 5.16. The lowest BCUT2D eigenvalue weighted by molar-refractivity contribution is -0.182. The summed E-state index contributed by atoms with van der Waals surface area (Å²) < 4.78 is 12.4. The molecular formula is C14H15BrN2O2. The van der Waals surface area contributed by atoms with Crippen LogP contribution in [0.4, 0.5) is 0 Å². The van der Waals surface area contributed by atoms with Crippen LogP contribution in [0, 0.1) is 11.3 Å². The van der Waals surface area contributed by atoms with Crippen molar-refractivity contribution in [1.29, 1.82) is 5.26 Å². The Labute approximate surface area is 120 Å². The zero-order valence-electron chi connectivity index (χ0n) is 10.6. The Morgan fingerprint density at radius 3 is 2.37 bits per heavy atom. The molecule has 1 saturated carbocycles. The van der Waals surface area contributed by atoms with Gasteiger partial charge in [-0.2, -0.15) is 5.26 Å². The van der Waals surface area contributed by atoms with Gasteiger partial charge in [-0.25, -0.2) is 0 Å². The number of aromatic nitrogens is 1. The molecule has 3 rings (SSSR count). The van der Waals surface area contributed by atoms with Gasteiger partial charge >= 0.3 is 0 Å². The number of nitriles is 1. The van der Waals surface area contributed by atoms with Gasteiger partial charge in [-0.15, -0.1) is 0 Å². The molecular weight excluding hydrogens is 308 g/mol. The third kappa shape index (κ3) is 2.29. The van der Waals surface area contributed by atoms with Gasteiger partial charge in [0.15, 0.2) is 5.79 Å². The minimum atomic E-state index is -0.499. The number of ether oxygens (including phenoxy) is 2. The molecule has 19 heavy (non-hydrogen) atoms. The molecule has 0 bridgehead atoms. The molecule has 1 aromatic rings. The fraction of sp³-hybridized carbons (Fsp3) is 0.571. The van der Waals surface area contributed by atoms with Crippen LogP contribution in [-0.2, 0) is 14.9 Å². The van der Waals surface area contributed by atoms with Crippen molar-refractivity contribution in [3.05, 3.63) is 28.5 Å². The fourth-order valence-corrected chi connectivity index (χ4v) is 3.16. The summed E-state index contributed by atoms with van der Waals surface area (Å²) in [5, 5.41) is 9.61. The summed E-state index contributed by atoms with van der Waals surface area (Å²) in [7, 11) is 0. The SMILES string of the molecule is N#CC1(c2ccc(Br)cn2)CCC2(CC1)OCCO2. The second-order valence-corrected chi connectivity index (χ2v) is 6.08. The smallest absolute Gasteiger partial charge is 0.168 e. The molecule has 1 saturated heterocycles. The van der Waals surface area contributed by atoms with Crippen molar-refractivity contribution in [2.24, 2.45) is 0 Å². The molecule has 0 radical (unpaired) electrons. The molecule has 4 nitrogen and oxygen atoms in total. The maximum absolute atomic E-state index is 9.61. The van der Waals surface area contributed by atoms with Crippen LogP contribution in [0.2, 0.25) is 0 Å². The standard InChI is InChI=1S/C14H15BrN2O2/c15-11-1-2-12(17-9-11)13(10-16)3-5-14(6-4-13)18-7-8-19-14/h1-2,9H,3-8H2. The highest BCUT2D eigenvalue weighted by Gasteiger charge is 2.47. The minimum Gasteiger partial charge on any atom is -0.348 e. The summed E-state index contributed by atoms with van der Waals surface area (Å²) in [6.45, 7) is 1.33. The Bertz CT molecular complexity index is 493. The van der Waals surface area contributed by atoms with Gasteiger partial charge in [-0.3, -0.25) is 4.98 Å². The van der Waals surface area contributed by atoms with Crippen LogP contribution in [0.25, 0.3) is 0 Å². The Balaban J connectivity index is 1.82. The molecule has 0 atom stereocenters. The number of hydrogen-bond acceptors (Lipinski definition) is 4. The zero-order valence-corrected chi connectivity index (χ0v) is 12.1. The van der Waals surface area contributed by atoms with Gasteiger partial charge in [-0.1, -0.05) is 0 Å². The molecule has 2 heterocycles. The van der Waals surface area contributed by atoms with E-state index in [2.05, 4.69) is 27.0 Å². The van der Waals surface area contributed by atoms with E-state index in [-0.39, 0.29) is 0 Å². The van der Waals surface area contributed by atoms with Crippen molar-refractivity contribution in [2.75, 3.05) is 13.2 Å². The average Bonchev–Trinajstić information content (AvgIpc) is 2.90. The molecule has 1 aliphatic carbocycles. The van der Waals surface area contributed by atoms with E-state index in [0.29, 0.717) is 13.2 Å². The summed E-state index contributed by atoms with van der Waals surface area (Å²) in [5.74, 6) is -0.435. The lowest BCUT2D eigenvalue weighted by Gasteiger charge is -2.39. The number of pyridine rings is 1. The Kier molecular flexibility index (Phi) is 3.34. The van der Waals surface area contributed by atoms with E-state index < -0.39 is 11.2 Å². The highest BCUT2D eigenvalue weighted by molar-refractivity contribution is 9.10. The molecule has 0 unspecified atom stereocenters. The summed E-state index contributed by atoms with van der Waals surface area (Å²) in [5.41, 5.74) is 0.354. The van der Waals surface area contributed by atoms with Crippen LogP contribution in [-0.4, -0.2) is 24.0 Å². The van der Waals surface area contributed by atoms with Crippen LogP contribution < -0.4 is 0 Å². The third-order valence-corrected chi connectivity index (χ3v) is 4.58. The zero-order chi connectivity index (χ0) is 13.3. The highest BCUT2D eigenvalue weighted by Crippen LogP contribution is 2.45. The molecule has 1 spiro atoms. The van der Waals surface area contributed by atoms with Gasteiger partial charge < -0.3 is 9.47 Å². The van der Waals surface area contributed by atoms with E-state index in [9.17, 15) is 5.26 Å². The lowest BCUT2D eigenvalue weighted by Crippen LogP contribution is -2.41. The summed E-state index contributed by atoms with van der Waals surface area (Å²) >= 11 is 3.37. The minimum absolute atomic E-state index is 0.435. The van der Waals surface area contributed by atoms with Gasteiger partial charge in [-0.05, 0) is 40.9 Å². The molecule has 1 aromatic heterocycles. The number of halogens is 1. The van der Waals surface area contributed by atoms with Crippen molar-refractivity contribution in [1.82, 2.24) is 4.98 Å². The predicted octanol–water partition coefficient (Wildman–Crippen LogP) is 2.92. The highest BCUT2D eigenvalue weighted by atomic mass is 79.9. The van der Waals surface area contributed by atoms with Crippen molar-refractivity contribution >= 4 is 15.9 Å². The van der Waals surface area contributed by atoms with E-state index in [1.54, 1.807) is 6.20 Å². The molecule has 0 amide bonds. The van der Waals surface area contributed by atoms with Crippen molar-refractivity contribution < 1.29 is 9.47 Å². The monoisotopic (exact) mass is 322 g/mol. The maximum atomic E-state index is 9.61. The van der Waals surface area contributed by atoms with Crippen LogP contribution in [0.3, 0.4) is 0 Å². The first-order valence-corrected chi connectivity index (χ1v) is 7.29. The van der Waals surface area contributed by atoms with Gasteiger partial charge in [0.1, 0.15) is 0 Å². The third-order valence-electron chi connectivity index (χ3n) is 4.11. The van der Waals surface area contributed by atoms with Gasteiger partial charge in [0, 0.05) is 23.5 Å². The van der Waals surface area contributed by atoms with Crippen LogP contribution in [0.15, 0.2) is 22.8 Å². The molecule has 1 aliphatic heterocycles. The maximum Gasteiger partial charge on any atom is 0.168 e. The van der Waals surface area contributed by atoms with E-state index in [1.807, 2.05) is 12.1 Å². The van der Waals surface area contributed by atoms with E-state index in [4.69, 9.17) is 9.47 Å². The summed E-state index contributed by atoms with van der Waals surface area (Å²) in [4.78, 5) is 4.41. The number of hydrogen-bond donors (Lipinski definition) is 0. The lowest BCUT2D eigenvalue weighted by atomic mass is 9.70. The first kappa shape index (κ1) is 13.0. The second kappa shape index (κ2) is 4.86. The van der Waals surface area contributed by atoms with Crippen molar-refractivity contribution in [3.63, 3.8) is 0 Å². The Hall–Kier alpha value is -0.960. The normalized spacial score (nSPS) is 24.2. The quantitative estimate of drug-likeness (QED) is 0.797. The molecule has 2 fully saturated rings. The molecule has 0 N–H and O–H groups in total. The van der Waals surface area contributed by atoms with Crippen LogP contribution in [0.1, 0.15) is 31.4 Å². The van der Waals surface area contributed by atoms with E-state index >= 15 is 0 Å². The van der Waals surface area contributed by atoms with Crippen LogP contribution >= 0.6 is 15.9 Å². The predicted molar refractivity (Wildman–Crippen MR) is 72.3 cm³/mol. The molecule has 2 aliphatic rings. The molecule has 0 aromatic carbocycles. The molecule has 100 valence electrons. The van der Waals surface area contributed by atoms with Gasteiger partial charge in [0.2, 0.25) is 0 Å². The van der Waals surface area contributed by atoms with E-state index in [1.165, 1.54) is 0 Å². The molecule has 5 heteroatoms. The Morgan fingerprint density at radius 1 is 1.16 bits per heavy atom. The number of nitrogens with zero attached hydrogens (tertiary/aromatic N) is 2. The first-order chi connectivity index (χ1) is 9.18. The van der Waals surface area contributed by atoms with Crippen LogP contribution in [0.5, 0.6) is 0 Å².